The average Bonchev–Trinajstić information content (AvgIpc) is 3.09. The molecule has 1 heterocycles. The molecule has 0 bridgehead atoms. The van der Waals surface area contributed by atoms with E-state index in [9.17, 15) is 27.6 Å². The number of nitrogens with zero attached hydrogens (tertiary/aromatic N) is 1. The fourth-order valence-electron chi connectivity index (χ4n) is 2.66. The van der Waals surface area contributed by atoms with Crippen molar-refractivity contribution in [1.82, 2.24) is 15.6 Å². The first-order chi connectivity index (χ1) is 12.6. The van der Waals surface area contributed by atoms with Crippen LogP contribution in [0.1, 0.15) is 25.3 Å². The number of urea groups is 1. The second-order valence-electron chi connectivity index (χ2n) is 6.02. The Morgan fingerprint density at radius 3 is 2.56 bits per heavy atom. The highest BCUT2D eigenvalue weighted by atomic mass is 19.4. The van der Waals surface area contributed by atoms with E-state index in [1.165, 1.54) is 19.1 Å². The number of carboxylic acids is 1. The number of amides is 3. The number of para-hydroxylation sites is 1. The summed E-state index contributed by atoms with van der Waals surface area (Å²) in [5, 5.41) is 11.1. The van der Waals surface area contributed by atoms with Gasteiger partial charge in [0.05, 0.1) is 11.3 Å². The third kappa shape index (κ3) is 5.02. The number of anilines is 1. The minimum absolute atomic E-state index is 0.232. The van der Waals surface area contributed by atoms with Crippen LogP contribution in [-0.2, 0) is 15.8 Å². The molecule has 0 saturated carbocycles. The van der Waals surface area contributed by atoms with E-state index in [4.69, 9.17) is 5.11 Å². The molecule has 1 aromatic rings. The molecule has 2 rings (SSSR count). The maximum Gasteiger partial charge on any atom is 0.418 e. The van der Waals surface area contributed by atoms with Crippen LogP contribution in [0.5, 0.6) is 0 Å². The Labute approximate surface area is 152 Å². The summed E-state index contributed by atoms with van der Waals surface area (Å²) in [6, 6.07) is 1.86. The number of likely N-dealkylation sites (tertiary alicyclic amines) is 1. The Hall–Kier alpha value is -2.98. The molecule has 2 atom stereocenters. The number of hydrogen-bond donors (Lipinski definition) is 4. The third-order valence-electron chi connectivity index (χ3n) is 4.08. The number of carbonyl (C=O) groups excluding carboxylic acids is 2. The molecular weight excluding hydrogens is 369 g/mol. The zero-order valence-electron chi connectivity index (χ0n) is 14.3. The van der Waals surface area contributed by atoms with E-state index in [2.05, 4.69) is 16.2 Å². The van der Waals surface area contributed by atoms with Crippen molar-refractivity contribution in [2.24, 2.45) is 0 Å². The first-order valence-electron chi connectivity index (χ1n) is 8.13. The second kappa shape index (κ2) is 8.14. The van der Waals surface area contributed by atoms with Crippen LogP contribution in [0.4, 0.5) is 23.7 Å². The standard InChI is InChI=1S/C16H19F3N4O4/c1-9(14(25)26)20-15(27)23-8-4-7-12(23)13(24)22-21-11-6-3-2-5-10(11)16(17,18)19/h2-3,5-6,9,12,21H,4,7-8H2,1H3,(H,20,27)(H,22,24)(H,25,26)/t9-,12?/m0/s1. The first-order valence-corrected chi connectivity index (χ1v) is 8.13. The summed E-state index contributed by atoms with van der Waals surface area (Å²) in [4.78, 5) is 36.4. The monoisotopic (exact) mass is 388 g/mol. The highest BCUT2D eigenvalue weighted by Gasteiger charge is 2.36. The zero-order valence-corrected chi connectivity index (χ0v) is 14.3. The fourth-order valence-corrected chi connectivity index (χ4v) is 2.66. The average molecular weight is 388 g/mol. The predicted molar refractivity (Wildman–Crippen MR) is 88.6 cm³/mol. The summed E-state index contributed by atoms with van der Waals surface area (Å²) < 4.78 is 38.9. The number of aliphatic carboxylic acids is 1. The van der Waals surface area contributed by atoms with Gasteiger partial charge in [-0.25, -0.2) is 4.79 Å². The van der Waals surface area contributed by atoms with Crippen molar-refractivity contribution in [2.45, 2.75) is 38.0 Å². The molecular formula is C16H19F3N4O4. The van der Waals surface area contributed by atoms with E-state index in [-0.39, 0.29) is 12.2 Å². The molecule has 8 nitrogen and oxygen atoms in total. The summed E-state index contributed by atoms with van der Waals surface area (Å²) in [7, 11) is 0. The van der Waals surface area contributed by atoms with Gasteiger partial charge in [-0.05, 0) is 31.9 Å². The maximum absolute atomic E-state index is 13.0. The van der Waals surface area contributed by atoms with Gasteiger partial charge < -0.3 is 15.3 Å². The molecule has 27 heavy (non-hydrogen) atoms. The van der Waals surface area contributed by atoms with E-state index in [1.807, 2.05) is 0 Å². The SMILES string of the molecule is C[C@H](NC(=O)N1CCCC1C(=O)NNc1ccccc1C(F)(F)F)C(=O)O. The number of nitrogens with one attached hydrogen (secondary N) is 3. The van der Waals surface area contributed by atoms with Crippen molar-refractivity contribution in [2.75, 3.05) is 12.0 Å². The Balaban J connectivity index is 2.01. The molecule has 1 aromatic carbocycles. The number of hydrazine groups is 1. The molecule has 0 spiro atoms. The summed E-state index contributed by atoms with van der Waals surface area (Å²) in [5.74, 6) is -1.92. The molecule has 0 aromatic heterocycles. The van der Waals surface area contributed by atoms with E-state index >= 15 is 0 Å². The fraction of sp³-hybridized carbons (Fsp3) is 0.438. The molecule has 148 valence electrons. The topological polar surface area (TPSA) is 111 Å². The van der Waals surface area contributed by atoms with Crippen LogP contribution in [0.25, 0.3) is 0 Å². The molecule has 1 unspecified atom stereocenters. The zero-order chi connectivity index (χ0) is 20.2. The lowest BCUT2D eigenvalue weighted by molar-refractivity contribution is -0.139. The number of halogens is 3. The van der Waals surface area contributed by atoms with Crippen molar-refractivity contribution in [3.8, 4) is 0 Å². The Morgan fingerprint density at radius 1 is 1.26 bits per heavy atom. The van der Waals surface area contributed by atoms with E-state index in [1.54, 1.807) is 0 Å². The van der Waals surface area contributed by atoms with Crippen molar-refractivity contribution in [1.29, 1.82) is 0 Å². The van der Waals surface area contributed by atoms with E-state index in [0.717, 1.165) is 17.0 Å². The van der Waals surface area contributed by atoms with Crippen molar-refractivity contribution < 1.29 is 32.7 Å². The minimum atomic E-state index is -4.60. The van der Waals surface area contributed by atoms with Gasteiger partial charge in [0.2, 0.25) is 0 Å². The quantitative estimate of drug-likeness (QED) is 0.575. The molecule has 11 heteroatoms. The highest BCUT2D eigenvalue weighted by molar-refractivity contribution is 5.89. The molecule has 0 radical (unpaired) electrons. The van der Waals surface area contributed by atoms with Crippen LogP contribution in [0, 0.1) is 0 Å². The van der Waals surface area contributed by atoms with Crippen LogP contribution in [0.15, 0.2) is 24.3 Å². The van der Waals surface area contributed by atoms with Crippen LogP contribution in [-0.4, -0.2) is 46.5 Å². The third-order valence-corrected chi connectivity index (χ3v) is 4.08. The Kier molecular flexibility index (Phi) is 6.13. The number of rotatable bonds is 5. The minimum Gasteiger partial charge on any atom is -0.480 e. The molecule has 0 aliphatic carbocycles. The lowest BCUT2D eigenvalue weighted by atomic mass is 10.2. The van der Waals surface area contributed by atoms with Crippen LogP contribution in [0.3, 0.4) is 0 Å². The van der Waals surface area contributed by atoms with Gasteiger partial charge in [0.15, 0.2) is 0 Å². The number of carboxylic acid groups (broad SMARTS) is 1. The summed E-state index contributed by atoms with van der Waals surface area (Å²) in [5.41, 5.74) is 3.16. The lowest BCUT2D eigenvalue weighted by Gasteiger charge is -2.25. The molecule has 3 amide bonds. The van der Waals surface area contributed by atoms with Gasteiger partial charge in [-0.2, -0.15) is 13.2 Å². The van der Waals surface area contributed by atoms with Gasteiger partial charge in [-0.15, -0.1) is 0 Å². The van der Waals surface area contributed by atoms with Gasteiger partial charge >= 0.3 is 18.2 Å². The molecule has 1 saturated heterocycles. The summed E-state index contributed by atoms with van der Waals surface area (Å²) in [6.07, 6.45) is -3.78. The highest BCUT2D eigenvalue weighted by Crippen LogP contribution is 2.34. The van der Waals surface area contributed by atoms with Gasteiger partial charge in [-0.1, -0.05) is 12.1 Å². The lowest BCUT2D eigenvalue weighted by Crippen LogP contribution is -2.53. The van der Waals surface area contributed by atoms with Gasteiger partial charge in [-0.3, -0.25) is 20.4 Å². The second-order valence-corrected chi connectivity index (χ2v) is 6.02. The van der Waals surface area contributed by atoms with Crippen LogP contribution >= 0.6 is 0 Å². The summed E-state index contributed by atoms with van der Waals surface area (Å²) in [6.45, 7) is 1.51. The van der Waals surface area contributed by atoms with Crippen molar-refractivity contribution >= 4 is 23.6 Å². The van der Waals surface area contributed by atoms with Crippen molar-refractivity contribution in [3.63, 3.8) is 0 Å². The Bertz CT molecular complexity index is 726. The molecule has 4 N–H and O–H groups in total. The number of carbonyl (C=O) groups is 3. The molecule has 1 aliphatic rings. The molecule has 1 fully saturated rings. The molecule has 1 aliphatic heterocycles. The number of benzene rings is 1. The van der Waals surface area contributed by atoms with E-state index in [0.29, 0.717) is 12.8 Å². The summed E-state index contributed by atoms with van der Waals surface area (Å²) >= 11 is 0. The van der Waals surface area contributed by atoms with Gasteiger partial charge in [0.1, 0.15) is 12.1 Å². The van der Waals surface area contributed by atoms with E-state index < -0.39 is 41.7 Å². The Morgan fingerprint density at radius 2 is 1.93 bits per heavy atom. The van der Waals surface area contributed by atoms with Gasteiger partial charge in [0, 0.05) is 6.54 Å². The largest absolute Gasteiger partial charge is 0.480 e. The van der Waals surface area contributed by atoms with Crippen molar-refractivity contribution in [3.05, 3.63) is 29.8 Å². The first kappa shape index (κ1) is 20.3. The smallest absolute Gasteiger partial charge is 0.418 e. The number of hydrogen-bond acceptors (Lipinski definition) is 4. The maximum atomic E-state index is 13.0. The predicted octanol–water partition coefficient (Wildman–Crippen LogP) is 1.80. The normalized spacial score (nSPS) is 17.9. The number of alkyl halides is 3. The van der Waals surface area contributed by atoms with Crippen LogP contribution < -0.4 is 16.2 Å². The van der Waals surface area contributed by atoms with Crippen LogP contribution in [0.2, 0.25) is 0 Å². The van der Waals surface area contributed by atoms with Gasteiger partial charge in [0.25, 0.3) is 5.91 Å².